The summed E-state index contributed by atoms with van der Waals surface area (Å²) in [4.78, 5) is 30.2. The van der Waals surface area contributed by atoms with Crippen LogP contribution >= 0.6 is 11.6 Å². The second kappa shape index (κ2) is 7.39. The molecule has 2 amide bonds. The summed E-state index contributed by atoms with van der Waals surface area (Å²) < 4.78 is 0. The number of hydrogen-bond acceptors (Lipinski definition) is 2. The van der Waals surface area contributed by atoms with Gasteiger partial charge in [-0.1, -0.05) is 23.7 Å². The van der Waals surface area contributed by atoms with E-state index in [1.165, 1.54) is 0 Å². The quantitative estimate of drug-likeness (QED) is 0.828. The molecule has 6 heteroatoms. The van der Waals surface area contributed by atoms with Gasteiger partial charge in [0.05, 0.1) is 11.0 Å². The third kappa shape index (κ3) is 3.74. The Morgan fingerprint density at radius 3 is 2.67 bits per heavy atom. The first-order valence-corrected chi connectivity index (χ1v) is 9.93. The van der Waals surface area contributed by atoms with Gasteiger partial charge in [0.2, 0.25) is 5.91 Å². The van der Waals surface area contributed by atoms with Crippen molar-refractivity contribution in [2.24, 2.45) is 5.92 Å². The number of likely N-dealkylation sites (tertiary alicyclic amines) is 1. The monoisotopic (exact) mass is 385 g/mol. The maximum Gasteiger partial charge on any atom is 0.255 e. The number of aromatic amines is 1. The number of benzene rings is 1. The first-order valence-electron chi connectivity index (χ1n) is 9.55. The largest absolute Gasteiger partial charge is 0.367 e. The first kappa shape index (κ1) is 18.1. The van der Waals surface area contributed by atoms with Crippen molar-refractivity contribution in [3.63, 3.8) is 0 Å². The molecule has 5 nitrogen and oxygen atoms in total. The van der Waals surface area contributed by atoms with Crippen molar-refractivity contribution in [1.82, 2.24) is 15.2 Å². The van der Waals surface area contributed by atoms with E-state index < -0.39 is 0 Å². The summed E-state index contributed by atoms with van der Waals surface area (Å²) in [6.45, 7) is 2.09. The van der Waals surface area contributed by atoms with E-state index in [-0.39, 0.29) is 17.2 Å². The standard InChI is InChI=1S/C21H24ClN3O2/c22-18-5-3-17(4-6-18)21(8-9-21)20(27)24-12-15-2-1-11-25(14-15)19(26)16-7-10-23-13-16/h3-7,10,13,15,23H,1-2,8-9,11-12,14H2,(H,24,27). The molecule has 2 aliphatic rings. The van der Waals surface area contributed by atoms with E-state index in [0.29, 0.717) is 29.6 Å². The van der Waals surface area contributed by atoms with Crippen LogP contribution in [0.3, 0.4) is 0 Å². The molecule has 1 unspecified atom stereocenters. The Labute approximate surface area is 164 Å². The minimum Gasteiger partial charge on any atom is -0.367 e. The zero-order chi connectivity index (χ0) is 18.9. The summed E-state index contributed by atoms with van der Waals surface area (Å²) in [6, 6.07) is 9.39. The topological polar surface area (TPSA) is 65.2 Å². The van der Waals surface area contributed by atoms with Crippen molar-refractivity contribution < 1.29 is 9.59 Å². The number of piperidine rings is 1. The second-order valence-electron chi connectivity index (χ2n) is 7.66. The highest BCUT2D eigenvalue weighted by molar-refractivity contribution is 6.30. The average Bonchev–Trinajstić information content (AvgIpc) is 3.32. The van der Waals surface area contributed by atoms with Gasteiger partial charge in [0, 0.05) is 37.1 Å². The van der Waals surface area contributed by atoms with E-state index in [2.05, 4.69) is 10.3 Å². The molecule has 1 atom stereocenters. The summed E-state index contributed by atoms with van der Waals surface area (Å²) in [5, 5.41) is 3.83. The van der Waals surface area contributed by atoms with E-state index in [9.17, 15) is 9.59 Å². The van der Waals surface area contributed by atoms with Crippen LogP contribution in [0.5, 0.6) is 0 Å². The summed E-state index contributed by atoms with van der Waals surface area (Å²) in [5.74, 6) is 0.456. The predicted molar refractivity (Wildman–Crippen MR) is 105 cm³/mol. The molecule has 0 radical (unpaired) electrons. The van der Waals surface area contributed by atoms with Gasteiger partial charge in [0.1, 0.15) is 0 Å². The molecule has 2 aromatic rings. The highest BCUT2D eigenvalue weighted by Crippen LogP contribution is 2.48. The first-order chi connectivity index (χ1) is 13.1. The SMILES string of the molecule is O=C(c1cc[nH]c1)N1CCCC(CNC(=O)C2(c3ccc(Cl)cc3)CC2)C1. The Balaban J connectivity index is 1.34. The number of hydrogen-bond donors (Lipinski definition) is 2. The molecule has 142 valence electrons. The molecule has 1 aliphatic heterocycles. The summed E-state index contributed by atoms with van der Waals surface area (Å²) >= 11 is 5.97. The smallest absolute Gasteiger partial charge is 0.255 e. The molecule has 1 aliphatic carbocycles. The van der Waals surface area contributed by atoms with Crippen molar-refractivity contribution in [3.05, 3.63) is 58.9 Å². The van der Waals surface area contributed by atoms with Gasteiger partial charge in [-0.2, -0.15) is 0 Å². The van der Waals surface area contributed by atoms with Crippen LogP contribution in [-0.2, 0) is 10.2 Å². The number of nitrogens with zero attached hydrogens (tertiary/aromatic N) is 1. The molecule has 4 rings (SSSR count). The Morgan fingerprint density at radius 2 is 2.00 bits per heavy atom. The zero-order valence-electron chi connectivity index (χ0n) is 15.2. The fourth-order valence-corrected chi connectivity index (χ4v) is 4.13. The number of carbonyl (C=O) groups is 2. The van der Waals surface area contributed by atoms with E-state index in [4.69, 9.17) is 11.6 Å². The van der Waals surface area contributed by atoms with Crippen molar-refractivity contribution in [3.8, 4) is 0 Å². The molecule has 1 saturated carbocycles. The van der Waals surface area contributed by atoms with Crippen LogP contribution in [-0.4, -0.2) is 41.3 Å². The molecule has 2 heterocycles. The third-order valence-corrected chi connectivity index (χ3v) is 6.04. The normalized spacial score (nSPS) is 20.9. The summed E-state index contributed by atoms with van der Waals surface area (Å²) in [7, 11) is 0. The van der Waals surface area contributed by atoms with Crippen LogP contribution < -0.4 is 5.32 Å². The Morgan fingerprint density at radius 1 is 1.22 bits per heavy atom. The lowest BCUT2D eigenvalue weighted by molar-refractivity contribution is -0.123. The molecule has 1 aromatic carbocycles. The van der Waals surface area contributed by atoms with Gasteiger partial charge in [-0.25, -0.2) is 0 Å². The highest BCUT2D eigenvalue weighted by atomic mass is 35.5. The van der Waals surface area contributed by atoms with Gasteiger partial charge in [0.15, 0.2) is 0 Å². The minimum absolute atomic E-state index is 0.0621. The average molecular weight is 386 g/mol. The molecule has 2 N–H and O–H groups in total. The van der Waals surface area contributed by atoms with E-state index in [1.54, 1.807) is 18.5 Å². The van der Waals surface area contributed by atoms with Crippen molar-refractivity contribution in [1.29, 1.82) is 0 Å². The van der Waals surface area contributed by atoms with Gasteiger partial charge in [-0.3, -0.25) is 9.59 Å². The highest BCUT2D eigenvalue weighted by Gasteiger charge is 2.51. The summed E-state index contributed by atoms with van der Waals surface area (Å²) in [6.07, 6.45) is 7.26. The fraction of sp³-hybridized carbons (Fsp3) is 0.429. The Bertz CT molecular complexity index is 812. The summed E-state index contributed by atoms with van der Waals surface area (Å²) in [5.41, 5.74) is 1.34. The van der Waals surface area contributed by atoms with E-state index in [1.807, 2.05) is 29.2 Å². The predicted octanol–water partition coefficient (Wildman–Crippen LogP) is 3.37. The molecule has 0 spiro atoms. The fourth-order valence-electron chi connectivity index (χ4n) is 4.00. The van der Waals surface area contributed by atoms with Crippen LogP contribution in [0.15, 0.2) is 42.7 Å². The molecular weight excluding hydrogens is 362 g/mol. The number of nitrogens with one attached hydrogen (secondary N) is 2. The molecule has 1 saturated heterocycles. The van der Waals surface area contributed by atoms with Crippen molar-refractivity contribution in [2.45, 2.75) is 31.1 Å². The number of H-pyrrole nitrogens is 1. The van der Waals surface area contributed by atoms with Gasteiger partial charge < -0.3 is 15.2 Å². The van der Waals surface area contributed by atoms with Crippen LogP contribution in [0.25, 0.3) is 0 Å². The van der Waals surface area contributed by atoms with Gasteiger partial charge in [0.25, 0.3) is 5.91 Å². The van der Waals surface area contributed by atoms with Crippen LogP contribution in [0.1, 0.15) is 41.6 Å². The number of rotatable bonds is 5. The number of amides is 2. The lowest BCUT2D eigenvalue weighted by Gasteiger charge is -2.33. The van der Waals surface area contributed by atoms with Crippen LogP contribution in [0.2, 0.25) is 5.02 Å². The van der Waals surface area contributed by atoms with E-state index >= 15 is 0 Å². The third-order valence-electron chi connectivity index (χ3n) is 5.78. The molecule has 1 aromatic heterocycles. The van der Waals surface area contributed by atoms with Crippen LogP contribution in [0.4, 0.5) is 0 Å². The number of carbonyl (C=O) groups excluding carboxylic acids is 2. The van der Waals surface area contributed by atoms with E-state index in [0.717, 1.165) is 37.8 Å². The second-order valence-corrected chi connectivity index (χ2v) is 8.09. The number of halogens is 1. The van der Waals surface area contributed by atoms with Crippen molar-refractivity contribution in [2.75, 3.05) is 19.6 Å². The van der Waals surface area contributed by atoms with Gasteiger partial charge >= 0.3 is 0 Å². The number of aromatic nitrogens is 1. The maximum atomic E-state index is 12.8. The molecule has 2 fully saturated rings. The van der Waals surface area contributed by atoms with Gasteiger partial charge in [-0.15, -0.1) is 0 Å². The Hall–Kier alpha value is -2.27. The van der Waals surface area contributed by atoms with Crippen molar-refractivity contribution >= 4 is 23.4 Å². The van der Waals surface area contributed by atoms with Crippen LogP contribution in [0, 0.1) is 5.92 Å². The lowest BCUT2D eigenvalue weighted by Crippen LogP contribution is -2.45. The lowest BCUT2D eigenvalue weighted by atomic mass is 9.93. The molecule has 0 bridgehead atoms. The maximum absolute atomic E-state index is 12.8. The molecular formula is C21H24ClN3O2. The minimum atomic E-state index is -0.389. The molecule has 27 heavy (non-hydrogen) atoms. The zero-order valence-corrected chi connectivity index (χ0v) is 16.0. The van der Waals surface area contributed by atoms with Gasteiger partial charge in [-0.05, 0) is 55.4 Å². The Kier molecular flexibility index (Phi) is 4.96.